The normalized spacial score (nSPS) is 11.3. The second-order valence-electron chi connectivity index (χ2n) is 6.42. The molecule has 0 spiro atoms. The Bertz CT molecular complexity index is 669. The van der Waals surface area contributed by atoms with E-state index in [1.807, 2.05) is 25.1 Å². The maximum atomic E-state index is 11.7. The summed E-state index contributed by atoms with van der Waals surface area (Å²) in [6, 6.07) is 14.5. The average Bonchev–Trinajstić information content (AvgIpc) is 2.46. The zero-order valence-electron chi connectivity index (χ0n) is 13.5. The first-order chi connectivity index (χ1) is 10.3. The molecular formula is C19H22BrNO. The maximum absolute atomic E-state index is 11.7. The summed E-state index contributed by atoms with van der Waals surface area (Å²) in [4.78, 5) is 11.7. The van der Waals surface area contributed by atoms with Crippen LogP contribution >= 0.6 is 15.9 Å². The summed E-state index contributed by atoms with van der Waals surface area (Å²) in [5, 5.41) is 2.98. The van der Waals surface area contributed by atoms with Gasteiger partial charge in [-0.3, -0.25) is 4.79 Å². The second-order valence-corrected chi connectivity index (χ2v) is 7.33. The van der Waals surface area contributed by atoms with Crippen LogP contribution in [0.3, 0.4) is 0 Å². The second kappa shape index (κ2) is 6.66. The van der Waals surface area contributed by atoms with Crippen LogP contribution in [0.4, 0.5) is 5.69 Å². The molecule has 0 atom stereocenters. The highest BCUT2D eigenvalue weighted by Crippen LogP contribution is 2.32. The van der Waals surface area contributed by atoms with Crippen molar-refractivity contribution >= 4 is 27.5 Å². The Kier molecular flexibility index (Phi) is 5.07. The topological polar surface area (TPSA) is 29.1 Å². The number of nitrogens with one attached hydrogen (secondary N) is 1. The van der Waals surface area contributed by atoms with Gasteiger partial charge in [0.05, 0.1) is 0 Å². The van der Waals surface area contributed by atoms with Crippen LogP contribution in [0, 0.1) is 0 Å². The predicted octanol–water partition coefficient (Wildman–Crippen LogP) is 5.76. The van der Waals surface area contributed by atoms with Crippen LogP contribution in [0.1, 0.15) is 39.7 Å². The van der Waals surface area contributed by atoms with Crippen molar-refractivity contribution < 1.29 is 4.79 Å². The van der Waals surface area contributed by atoms with Crippen molar-refractivity contribution in [2.45, 2.75) is 39.5 Å². The van der Waals surface area contributed by atoms with Gasteiger partial charge in [-0.25, -0.2) is 0 Å². The van der Waals surface area contributed by atoms with Crippen LogP contribution in [-0.2, 0) is 10.2 Å². The van der Waals surface area contributed by atoms with E-state index in [4.69, 9.17) is 0 Å². The third-order valence-corrected chi connectivity index (χ3v) is 4.13. The standard InChI is InChI=1S/C19H22BrNO/c1-5-18(22)21-17-12-15(20)10-11-16(17)13-6-8-14(9-7-13)19(2,3)4/h6-12H,5H2,1-4H3,(H,21,22). The molecule has 0 aliphatic rings. The first kappa shape index (κ1) is 16.8. The molecule has 2 aromatic rings. The molecule has 0 heterocycles. The molecule has 0 bridgehead atoms. The van der Waals surface area contributed by atoms with Gasteiger partial charge in [0.15, 0.2) is 0 Å². The van der Waals surface area contributed by atoms with Crippen LogP contribution in [0.2, 0.25) is 0 Å². The van der Waals surface area contributed by atoms with Gasteiger partial charge in [-0.1, -0.05) is 74.0 Å². The molecule has 0 radical (unpaired) electrons. The van der Waals surface area contributed by atoms with Gasteiger partial charge in [-0.15, -0.1) is 0 Å². The molecule has 22 heavy (non-hydrogen) atoms. The van der Waals surface area contributed by atoms with Crippen LogP contribution in [0.5, 0.6) is 0 Å². The smallest absolute Gasteiger partial charge is 0.224 e. The van der Waals surface area contributed by atoms with Crippen molar-refractivity contribution in [3.8, 4) is 11.1 Å². The third-order valence-electron chi connectivity index (χ3n) is 3.64. The Morgan fingerprint density at radius 1 is 1.09 bits per heavy atom. The summed E-state index contributed by atoms with van der Waals surface area (Å²) < 4.78 is 0.953. The Morgan fingerprint density at radius 2 is 1.73 bits per heavy atom. The molecule has 2 aromatic carbocycles. The average molecular weight is 360 g/mol. The lowest BCUT2D eigenvalue weighted by molar-refractivity contribution is -0.115. The summed E-state index contributed by atoms with van der Waals surface area (Å²) in [6.07, 6.45) is 0.467. The lowest BCUT2D eigenvalue weighted by atomic mass is 9.86. The predicted molar refractivity (Wildman–Crippen MR) is 97.2 cm³/mol. The third kappa shape index (κ3) is 3.98. The van der Waals surface area contributed by atoms with E-state index in [1.54, 1.807) is 0 Å². The Hall–Kier alpha value is -1.61. The molecule has 0 saturated heterocycles. The molecule has 2 rings (SSSR count). The van der Waals surface area contributed by atoms with E-state index in [0.717, 1.165) is 21.3 Å². The highest BCUT2D eigenvalue weighted by atomic mass is 79.9. The van der Waals surface area contributed by atoms with E-state index in [0.29, 0.717) is 6.42 Å². The highest BCUT2D eigenvalue weighted by Gasteiger charge is 2.14. The highest BCUT2D eigenvalue weighted by molar-refractivity contribution is 9.10. The number of hydrogen-bond donors (Lipinski definition) is 1. The monoisotopic (exact) mass is 359 g/mol. The van der Waals surface area contributed by atoms with Gasteiger partial charge in [0.1, 0.15) is 0 Å². The van der Waals surface area contributed by atoms with Crippen molar-refractivity contribution in [1.29, 1.82) is 0 Å². The molecule has 116 valence electrons. The molecule has 0 fully saturated rings. The van der Waals surface area contributed by atoms with Crippen molar-refractivity contribution in [1.82, 2.24) is 0 Å². The first-order valence-electron chi connectivity index (χ1n) is 7.51. The molecule has 1 N–H and O–H groups in total. The fraction of sp³-hybridized carbons (Fsp3) is 0.316. The summed E-state index contributed by atoms with van der Waals surface area (Å²) in [5.74, 6) is 0.0191. The summed E-state index contributed by atoms with van der Waals surface area (Å²) >= 11 is 3.47. The van der Waals surface area contributed by atoms with Gasteiger partial charge in [0.2, 0.25) is 5.91 Å². The fourth-order valence-electron chi connectivity index (χ4n) is 2.26. The maximum Gasteiger partial charge on any atom is 0.224 e. The van der Waals surface area contributed by atoms with Crippen LogP contribution < -0.4 is 5.32 Å². The van der Waals surface area contributed by atoms with E-state index >= 15 is 0 Å². The number of amides is 1. The molecule has 0 saturated carbocycles. The van der Waals surface area contributed by atoms with Crippen molar-refractivity contribution in [3.05, 3.63) is 52.5 Å². The SMILES string of the molecule is CCC(=O)Nc1cc(Br)ccc1-c1ccc(C(C)(C)C)cc1. The molecule has 0 aliphatic carbocycles. The van der Waals surface area contributed by atoms with Crippen molar-refractivity contribution in [3.63, 3.8) is 0 Å². The minimum atomic E-state index is 0.0191. The molecule has 3 heteroatoms. The minimum Gasteiger partial charge on any atom is -0.325 e. The molecule has 0 aliphatic heterocycles. The molecule has 2 nitrogen and oxygen atoms in total. The van der Waals surface area contributed by atoms with Gasteiger partial charge >= 0.3 is 0 Å². The minimum absolute atomic E-state index is 0.0191. The molecule has 0 unspecified atom stereocenters. The molecule has 0 aromatic heterocycles. The number of anilines is 1. The van der Waals surface area contributed by atoms with E-state index in [9.17, 15) is 4.79 Å². The van der Waals surface area contributed by atoms with Gasteiger partial charge in [0, 0.05) is 22.1 Å². The zero-order chi connectivity index (χ0) is 16.3. The molecular weight excluding hydrogens is 338 g/mol. The number of rotatable bonds is 3. The summed E-state index contributed by atoms with van der Waals surface area (Å²) in [6.45, 7) is 8.46. The Labute approximate surface area is 141 Å². The van der Waals surface area contributed by atoms with Gasteiger partial charge in [0.25, 0.3) is 0 Å². The fourth-order valence-corrected chi connectivity index (χ4v) is 2.62. The Balaban J connectivity index is 2.41. The summed E-state index contributed by atoms with van der Waals surface area (Å²) in [7, 11) is 0. The Morgan fingerprint density at radius 3 is 2.27 bits per heavy atom. The van der Waals surface area contributed by atoms with Crippen LogP contribution in [0.15, 0.2) is 46.9 Å². The zero-order valence-corrected chi connectivity index (χ0v) is 15.1. The van der Waals surface area contributed by atoms with Crippen molar-refractivity contribution in [2.75, 3.05) is 5.32 Å². The van der Waals surface area contributed by atoms with Gasteiger partial charge in [-0.05, 0) is 28.7 Å². The first-order valence-corrected chi connectivity index (χ1v) is 8.31. The number of benzene rings is 2. The lowest BCUT2D eigenvalue weighted by Gasteiger charge is -2.19. The number of carbonyl (C=O) groups is 1. The summed E-state index contributed by atoms with van der Waals surface area (Å²) in [5.41, 5.74) is 4.41. The van der Waals surface area contributed by atoms with Gasteiger partial charge < -0.3 is 5.32 Å². The number of halogens is 1. The van der Waals surface area contributed by atoms with Crippen LogP contribution in [0.25, 0.3) is 11.1 Å². The number of hydrogen-bond acceptors (Lipinski definition) is 1. The lowest BCUT2D eigenvalue weighted by Crippen LogP contribution is -2.11. The largest absolute Gasteiger partial charge is 0.325 e. The van der Waals surface area contributed by atoms with E-state index in [2.05, 4.69) is 66.3 Å². The number of carbonyl (C=O) groups excluding carboxylic acids is 1. The molecule has 1 amide bonds. The van der Waals surface area contributed by atoms with Crippen LogP contribution in [-0.4, -0.2) is 5.91 Å². The van der Waals surface area contributed by atoms with Crippen molar-refractivity contribution in [2.24, 2.45) is 0 Å². The van der Waals surface area contributed by atoms with E-state index < -0.39 is 0 Å². The van der Waals surface area contributed by atoms with E-state index in [1.165, 1.54) is 5.56 Å². The van der Waals surface area contributed by atoms with Gasteiger partial charge in [-0.2, -0.15) is 0 Å². The van der Waals surface area contributed by atoms with E-state index in [-0.39, 0.29) is 11.3 Å². The quantitative estimate of drug-likeness (QED) is 0.741.